The summed E-state index contributed by atoms with van der Waals surface area (Å²) in [5, 5.41) is 9.82. The molecule has 0 rings (SSSR count). The highest BCUT2D eigenvalue weighted by molar-refractivity contribution is 5.64. The van der Waals surface area contributed by atoms with Gasteiger partial charge in [-0.3, -0.25) is 0 Å². The molecule has 0 amide bonds. The molecule has 2 nitrogen and oxygen atoms in total. The summed E-state index contributed by atoms with van der Waals surface area (Å²) >= 11 is 0. The molecule has 0 aromatic heterocycles. The van der Waals surface area contributed by atoms with Crippen molar-refractivity contribution in [3.05, 3.63) is 12.2 Å². The van der Waals surface area contributed by atoms with E-state index in [2.05, 4.69) is 0 Å². The third-order valence-corrected chi connectivity index (χ3v) is 0.917. The summed E-state index contributed by atoms with van der Waals surface area (Å²) in [4.78, 5) is 9.82. The molecule has 0 bridgehead atoms. The Morgan fingerprint density at radius 2 is 2.22 bits per heavy atom. The van der Waals surface area contributed by atoms with Crippen LogP contribution in [0.2, 0.25) is 0 Å². The molecule has 0 aromatic rings. The molecule has 2 heteroatoms. The third-order valence-electron chi connectivity index (χ3n) is 0.917. The van der Waals surface area contributed by atoms with E-state index in [1.54, 1.807) is 0 Å². The van der Waals surface area contributed by atoms with Crippen molar-refractivity contribution in [1.29, 1.82) is 0 Å². The standard InChI is InChI=1S/C7H12O2/c1-2-3-4-5-6-7(8)9/h3-4H,2,5-6H2,1H3,(H,8,9)/p-1/b4-3-. The van der Waals surface area contributed by atoms with Crippen LogP contribution in [0.1, 0.15) is 26.2 Å². The maximum Gasteiger partial charge on any atom is 0.0417 e. The van der Waals surface area contributed by atoms with Crippen LogP contribution in [0.25, 0.3) is 0 Å². The van der Waals surface area contributed by atoms with E-state index in [1.165, 1.54) is 0 Å². The average molecular weight is 127 g/mol. The number of hydrogen-bond donors (Lipinski definition) is 0. The van der Waals surface area contributed by atoms with Crippen molar-refractivity contribution in [3.8, 4) is 0 Å². The van der Waals surface area contributed by atoms with Crippen LogP contribution in [0.15, 0.2) is 12.2 Å². The minimum Gasteiger partial charge on any atom is -0.550 e. The summed E-state index contributed by atoms with van der Waals surface area (Å²) in [6.07, 6.45) is 5.50. The van der Waals surface area contributed by atoms with E-state index in [0.29, 0.717) is 6.42 Å². The highest BCUT2D eigenvalue weighted by atomic mass is 16.4. The Labute approximate surface area is 55.2 Å². The topological polar surface area (TPSA) is 40.1 Å². The second-order valence-electron chi connectivity index (χ2n) is 1.79. The predicted octanol–water partition coefficient (Wildman–Crippen LogP) is 0.483. The van der Waals surface area contributed by atoms with Crippen molar-refractivity contribution in [3.63, 3.8) is 0 Å². The summed E-state index contributed by atoms with van der Waals surface area (Å²) < 4.78 is 0. The summed E-state index contributed by atoms with van der Waals surface area (Å²) in [5.41, 5.74) is 0. The van der Waals surface area contributed by atoms with E-state index in [4.69, 9.17) is 0 Å². The van der Waals surface area contributed by atoms with Gasteiger partial charge in [0.15, 0.2) is 0 Å². The molecule has 0 unspecified atom stereocenters. The van der Waals surface area contributed by atoms with Crippen LogP contribution < -0.4 is 5.11 Å². The maximum atomic E-state index is 9.82. The van der Waals surface area contributed by atoms with Crippen LogP contribution in [-0.2, 0) is 4.79 Å². The van der Waals surface area contributed by atoms with Gasteiger partial charge in [0.05, 0.1) is 0 Å². The molecular weight excluding hydrogens is 116 g/mol. The largest absolute Gasteiger partial charge is 0.550 e. The highest BCUT2D eigenvalue weighted by Gasteiger charge is 1.79. The second-order valence-corrected chi connectivity index (χ2v) is 1.79. The molecule has 0 aliphatic carbocycles. The van der Waals surface area contributed by atoms with Gasteiger partial charge in [0, 0.05) is 5.97 Å². The Balaban J connectivity index is 3.09. The Kier molecular flexibility index (Phi) is 4.88. The van der Waals surface area contributed by atoms with Crippen LogP contribution >= 0.6 is 0 Å². The number of hydrogen-bond acceptors (Lipinski definition) is 2. The Morgan fingerprint density at radius 1 is 1.56 bits per heavy atom. The average Bonchev–Trinajstić information content (AvgIpc) is 1.80. The molecule has 9 heavy (non-hydrogen) atoms. The molecule has 0 spiro atoms. The SMILES string of the molecule is CC/C=C\CCC(=O)[O-]. The van der Waals surface area contributed by atoms with E-state index >= 15 is 0 Å². The van der Waals surface area contributed by atoms with Crippen LogP contribution in [0, 0.1) is 0 Å². The molecule has 0 atom stereocenters. The highest BCUT2D eigenvalue weighted by Crippen LogP contribution is 1.89. The molecule has 0 saturated heterocycles. The first-order valence-electron chi connectivity index (χ1n) is 3.12. The van der Waals surface area contributed by atoms with Gasteiger partial charge >= 0.3 is 0 Å². The van der Waals surface area contributed by atoms with Gasteiger partial charge in [-0.2, -0.15) is 0 Å². The maximum absolute atomic E-state index is 9.82. The van der Waals surface area contributed by atoms with E-state index in [-0.39, 0.29) is 6.42 Å². The van der Waals surface area contributed by atoms with Crippen molar-refractivity contribution in [2.75, 3.05) is 0 Å². The molecule has 0 aromatic carbocycles. The van der Waals surface area contributed by atoms with Gasteiger partial charge in [-0.25, -0.2) is 0 Å². The van der Waals surface area contributed by atoms with Gasteiger partial charge in [-0.15, -0.1) is 0 Å². The fraction of sp³-hybridized carbons (Fsp3) is 0.571. The van der Waals surface area contributed by atoms with Gasteiger partial charge in [-0.1, -0.05) is 19.1 Å². The van der Waals surface area contributed by atoms with E-state index < -0.39 is 5.97 Å². The number of allylic oxidation sites excluding steroid dienone is 2. The lowest BCUT2D eigenvalue weighted by molar-refractivity contribution is -0.305. The first kappa shape index (κ1) is 8.21. The Morgan fingerprint density at radius 3 is 2.67 bits per heavy atom. The normalized spacial score (nSPS) is 10.3. The van der Waals surface area contributed by atoms with Gasteiger partial charge in [-0.05, 0) is 19.3 Å². The number of carbonyl (C=O) groups is 1. The number of carboxylic acid groups (broad SMARTS) is 1. The van der Waals surface area contributed by atoms with Gasteiger partial charge < -0.3 is 9.90 Å². The molecule has 0 N–H and O–H groups in total. The Hall–Kier alpha value is -0.790. The summed E-state index contributed by atoms with van der Waals surface area (Å²) in [5.74, 6) is -0.976. The van der Waals surface area contributed by atoms with Crippen LogP contribution in [0.3, 0.4) is 0 Å². The quantitative estimate of drug-likeness (QED) is 0.515. The van der Waals surface area contributed by atoms with Crippen molar-refractivity contribution in [1.82, 2.24) is 0 Å². The van der Waals surface area contributed by atoms with Gasteiger partial charge in [0.25, 0.3) is 0 Å². The summed E-state index contributed by atoms with van der Waals surface area (Å²) in [6.45, 7) is 2.01. The van der Waals surface area contributed by atoms with Crippen molar-refractivity contribution >= 4 is 5.97 Å². The number of carbonyl (C=O) groups excluding carboxylic acids is 1. The smallest absolute Gasteiger partial charge is 0.0417 e. The molecule has 0 aliphatic heterocycles. The number of rotatable bonds is 4. The Bertz CT molecular complexity index is 105. The molecule has 0 saturated carbocycles. The molecule has 52 valence electrons. The predicted molar refractivity (Wildman–Crippen MR) is 33.7 cm³/mol. The molecule has 0 heterocycles. The lowest BCUT2D eigenvalue weighted by Crippen LogP contribution is -2.21. The lowest BCUT2D eigenvalue weighted by atomic mass is 10.3. The molecular formula is C7H11O2-. The minimum absolute atomic E-state index is 0.135. The van der Waals surface area contributed by atoms with E-state index in [0.717, 1.165) is 6.42 Å². The molecule has 0 radical (unpaired) electrons. The lowest BCUT2D eigenvalue weighted by Gasteiger charge is -1.94. The second kappa shape index (κ2) is 5.35. The minimum atomic E-state index is -0.976. The zero-order chi connectivity index (χ0) is 7.11. The van der Waals surface area contributed by atoms with Gasteiger partial charge in [0.2, 0.25) is 0 Å². The third kappa shape index (κ3) is 7.21. The summed E-state index contributed by atoms with van der Waals surface area (Å²) in [6, 6.07) is 0. The number of carboxylic acids is 1. The van der Waals surface area contributed by atoms with Crippen molar-refractivity contribution < 1.29 is 9.90 Å². The first-order valence-corrected chi connectivity index (χ1v) is 3.12. The van der Waals surface area contributed by atoms with Crippen LogP contribution in [-0.4, -0.2) is 5.97 Å². The van der Waals surface area contributed by atoms with Crippen molar-refractivity contribution in [2.24, 2.45) is 0 Å². The van der Waals surface area contributed by atoms with E-state index in [1.807, 2.05) is 19.1 Å². The number of aliphatic carboxylic acids is 1. The van der Waals surface area contributed by atoms with Gasteiger partial charge in [0.1, 0.15) is 0 Å². The molecule has 0 aliphatic rings. The zero-order valence-electron chi connectivity index (χ0n) is 5.59. The first-order chi connectivity index (χ1) is 4.27. The fourth-order valence-electron chi connectivity index (χ4n) is 0.486. The monoisotopic (exact) mass is 127 g/mol. The molecule has 0 fully saturated rings. The fourth-order valence-corrected chi connectivity index (χ4v) is 0.486. The van der Waals surface area contributed by atoms with E-state index in [9.17, 15) is 9.90 Å². The zero-order valence-corrected chi connectivity index (χ0v) is 5.59. The summed E-state index contributed by atoms with van der Waals surface area (Å²) in [7, 11) is 0. The van der Waals surface area contributed by atoms with Crippen LogP contribution in [0.4, 0.5) is 0 Å². The van der Waals surface area contributed by atoms with Crippen molar-refractivity contribution in [2.45, 2.75) is 26.2 Å². The van der Waals surface area contributed by atoms with Crippen LogP contribution in [0.5, 0.6) is 0 Å².